The van der Waals surface area contributed by atoms with E-state index in [1.165, 1.54) is 23.3 Å². The maximum absolute atomic E-state index is 12.6. The molecule has 0 bridgehead atoms. The van der Waals surface area contributed by atoms with Crippen LogP contribution in [0.2, 0.25) is 0 Å². The standard InChI is InChI=1S/C22H30N4O3/c27-19(9-14-26-20(28)22(24-21(26)29)10-3-4-11-22)23-15-17-7-1-2-8-18(17)16-25-12-5-6-13-25/h1-2,7-8H,3-6,9-16H2,(H,23,27)(H,24,29). The minimum Gasteiger partial charge on any atom is -0.352 e. The lowest BCUT2D eigenvalue weighted by Crippen LogP contribution is -2.44. The molecule has 3 aliphatic rings. The molecule has 4 amide bonds. The second-order valence-corrected chi connectivity index (χ2v) is 8.45. The zero-order chi connectivity index (χ0) is 20.3. The highest BCUT2D eigenvalue weighted by atomic mass is 16.2. The molecule has 7 nitrogen and oxygen atoms in total. The second kappa shape index (κ2) is 8.53. The molecule has 2 saturated heterocycles. The van der Waals surface area contributed by atoms with Crippen LogP contribution in [-0.4, -0.2) is 52.8 Å². The van der Waals surface area contributed by atoms with Gasteiger partial charge in [-0.25, -0.2) is 4.79 Å². The van der Waals surface area contributed by atoms with Crippen LogP contribution >= 0.6 is 0 Å². The van der Waals surface area contributed by atoms with Crippen molar-refractivity contribution in [3.8, 4) is 0 Å². The van der Waals surface area contributed by atoms with Crippen molar-refractivity contribution in [2.45, 2.75) is 63.6 Å². The monoisotopic (exact) mass is 398 g/mol. The third kappa shape index (κ3) is 4.29. The number of nitrogens with zero attached hydrogens (tertiary/aromatic N) is 2. The topological polar surface area (TPSA) is 81.8 Å². The molecule has 3 fully saturated rings. The van der Waals surface area contributed by atoms with E-state index in [2.05, 4.69) is 21.6 Å². The maximum Gasteiger partial charge on any atom is 0.325 e. The van der Waals surface area contributed by atoms with Crippen LogP contribution in [0.4, 0.5) is 4.79 Å². The van der Waals surface area contributed by atoms with Crippen LogP contribution in [0.15, 0.2) is 24.3 Å². The Morgan fingerprint density at radius 3 is 2.45 bits per heavy atom. The Bertz CT molecular complexity index is 782. The molecule has 0 atom stereocenters. The molecule has 0 aromatic heterocycles. The smallest absolute Gasteiger partial charge is 0.325 e. The largest absolute Gasteiger partial charge is 0.352 e. The molecule has 2 heterocycles. The summed E-state index contributed by atoms with van der Waals surface area (Å²) in [7, 11) is 0. The zero-order valence-corrected chi connectivity index (χ0v) is 16.9. The molecule has 1 saturated carbocycles. The van der Waals surface area contributed by atoms with Gasteiger partial charge in [0.15, 0.2) is 0 Å². The van der Waals surface area contributed by atoms with E-state index in [1.54, 1.807) is 0 Å². The van der Waals surface area contributed by atoms with Crippen molar-refractivity contribution in [3.63, 3.8) is 0 Å². The summed E-state index contributed by atoms with van der Waals surface area (Å²) >= 11 is 0. The van der Waals surface area contributed by atoms with E-state index in [-0.39, 0.29) is 30.8 Å². The van der Waals surface area contributed by atoms with E-state index in [0.29, 0.717) is 19.4 Å². The summed E-state index contributed by atoms with van der Waals surface area (Å²) in [6.45, 7) is 3.78. The fraction of sp³-hybridized carbons (Fsp3) is 0.591. The minimum absolute atomic E-state index is 0.129. The number of hydrogen-bond acceptors (Lipinski definition) is 4. The van der Waals surface area contributed by atoms with Crippen LogP contribution in [-0.2, 0) is 22.7 Å². The first-order valence-corrected chi connectivity index (χ1v) is 10.8. The molecule has 0 radical (unpaired) electrons. The van der Waals surface area contributed by atoms with Gasteiger partial charge in [-0.1, -0.05) is 37.1 Å². The first-order valence-electron chi connectivity index (χ1n) is 10.8. The van der Waals surface area contributed by atoms with Gasteiger partial charge in [0.05, 0.1) is 0 Å². The lowest BCUT2D eigenvalue weighted by molar-refractivity contribution is -0.131. The predicted octanol–water partition coefficient (Wildman–Crippen LogP) is 2.15. The Labute approximate surface area is 171 Å². The van der Waals surface area contributed by atoms with Crippen molar-refractivity contribution in [1.29, 1.82) is 0 Å². The van der Waals surface area contributed by atoms with E-state index in [0.717, 1.165) is 38.0 Å². The fourth-order valence-electron chi connectivity index (χ4n) is 4.76. The van der Waals surface area contributed by atoms with Crippen LogP contribution in [0.25, 0.3) is 0 Å². The lowest BCUT2D eigenvalue weighted by Gasteiger charge is -2.20. The number of benzene rings is 1. The summed E-state index contributed by atoms with van der Waals surface area (Å²) in [4.78, 5) is 40.9. The van der Waals surface area contributed by atoms with E-state index in [9.17, 15) is 14.4 Å². The van der Waals surface area contributed by atoms with Crippen molar-refractivity contribution in [2.24, 2.45) is 0 Å². The highest BCUT2D eigenvalue weighted by Crippen LogP contribution is 2.35. The lowest BCUT2D eigenvalue weighted by atomic mass is 9.98. The van der Waals surface area contributed by atoms with Crippen LogP contribution in [0.5, 0.6) is 0 Å². The van der Waals surface area contributed by atoms with Crippen molar-refractivity contribution in [1.82, 2.24) is 20.4 Å². The summed E-state index contributed by atoms with van der Waals surface area (Å²) < 4.78 is 0. The summed E-state index contributed by atoms with van der Waals surface area (Å²) in [6.07, 6.45) is 5.95. The molecule has 4 rings (SSSR count). The van der Waals surface area contributed by atoms with Crippen molar-refractivity contribution in [2.75, 3.05) is 19.6 Å². The van der Waals surface area contributed by atoms with Crippen LogP contribution < -0.4 is 10.6 Å². The molecule has 2 N–H and O–H groups in total. The summed E-state index contributed by atoms with van der Waals surface area (Å²) in [5.41, 5.74) is 1.65. The van der Waals surface area contributed by atoms with Gasteiger partial charge in [0, 0.05) is 26.1 Å². The number of likely N-dealkylation sites (tertiary alicyclic amines) is 1. The number of nitrogens with one attached hydrogen (secondary N) is 2. The second-order valence-electron chi connectivity index (χ2n) is 8.45. The average Bonchev–Trinajstić information content (AvgIpc) is 3.44. The molecule has 1 aromatic rings. The highest BCUT2D eigenvalue weighted by molar-refractivity contribution is 6.07. The Morgan fingerprint density at radius 2 is 1.72 bits per heavy atom. The Morgan fingerprint density at radius 1 is 1.03 bits per heavy atom. The molecule has 1 aromatic carbocycles. The summed E-state index contributed by atoms with van der Waals surface area (Å²) in [5.74, 6) is -0.308. The third-order valence-corrected chi connectivity index (χ3v) is 6.45. The van der Waals surface area contributed by atoms with E-state index >= 15 is 0 Å². The Balaban J connectivity index is 1.27. The van der Waals surface area contributed by atoms with E-state index < -0.39 is 5.54 Å². The quantitative estimate of drug-likeness (QED) is 0.690. The van der Waals surface area contributed by atoms with Crippen LogP contribution in [0.3, 0.4) is 0 Å². The molecule has 1 aliphatic carbocycles. The van der Waals surface area contributed by atoms with Gasteiger partial charge < -0.3 is 10.6 Å². The van der Waals surface area contributed by atoms with E-state index in [1.807, 2.05) is 18.2 Å². The highest BCUT2D eigenvalue weighted by Gasteiger charge is 2.52. The maximum atomic E-state index is 12.6. The van der Waals surface area contributed by atoms with Gasteiger partial charge in [-0.2, -0.15) is 0 Å². The Hall–Kier alpha value is -2.41. The molecular formula is C22H30N4O3. The number of hydrogen-bond donors (Lipinski definition) is 2. The van der Waals surface area contributed by atoms with Gasteiger partial charge >= 0.3 is 6.03 Å². The first kappa shape index (κ1) is 19.9. The third-order valence-electron chi connectivity index (χ3n) is 6.45. The van der Waals surface area contributed by atoms with Crippen molar-refractivity contribution >= 4 is 17.8 Å². The van der Waals surface area contributed by atoms with Gasteiger partial charge in [-0.3, -0.25) is 19.4 Å². The van der Waals surface area contributed by atoms with Gasteiger partial charge in [-0.15, -0.1) is 0 Å². The molecule has 2 aliphatic heterocycles. The summed E-state index contributed by atoms with van der Waals surface area (Å²) in [5, 5.41) is 5.81. The number of urea groups is 1. The SMILES string of the molecule is O=C(CCN1C(=O)NC2(CCCC2)C1=O)NCc1ccccc1CN1CCCC1. The fourth-order valence-corrected chi connectivity index (χ4v) is 4.76. The van der Waals surface area contributed by atoms with Crippen LogP contribution in [0.1, 0.15) is 56.1 Å². The average molecular weight is 399 g/mol. The molecule has 29 heavy (non-hydrogen) atoms. The number of carbonyl (C=O) groups excluding carboxylic acids is 3. The number of carbonyl (C=O) groups is 3. The summed E-state index contributed by atoms with van der Waals surface area (Å²) in [6, 6.07) is 7.83. The van der Waals surface area contributed by atoms with Crippen molar-refractivity contribution < 1.29 is 14.4 Å². The molecule has 1 spiro atoms. The number of amides is 4. The molecule has 7 heteroatoms. The normalized spacial score (nSPS) is 21.2. The van der Waals surface area contributed by atoms with Crippen molar-refractivity contribution in [3.05, 3.63) is 35.4 Å². The van der Waals surface area contributed by atoms with Gasteiger partial charge in [0.1, 0.15) is 5.54 Å². The van der Waals surface area contributed by atoms with Gasteiger partial charge in [0.2, 0.25) is 5.91 Å². The Kier molecular flexibility index (Phi) is 5.85. The predicted molar refractivity (Wildman–Crippen MR) is 109 cm³/mol. The van der Waals surface area contributed by atoms with Gasteiger partial charge in [0.25, 0.3) is 5.91 Å². The minimum atomic E-state index is -0.706. The first-order chi connectivity index (χ1) is 14.1. The molecular weight excluding hydrogens is 368 g/mol. The number of rotatable bonds is 7. The number of imide groups is 1. The van der Waals surface area contributed by atoms with Gasteiger partial charge in [-0.05, 0) is 49.9 Å². The zero-order valence-electron chi connectivity index (χ0n) is 16.9. The molecule has 156 valence electrons. The molecule has 0 unspecified atom stereocenters. The van der Waals surface area contributed by atoms with E-state index in [4.69, 9.17) is 0 Å². The van der Waals surface area contributed by atoms with Crippen LogP contribution in [0, 0.1) is 0 Å².